The van der Waals surface area contributed by atoms with Crippen LogP contribution in [0.15, 0.2) is 0 Å². The lowest BCUT2D eigenvalue weighted by molar-refractivity contribution is -0.561. The molecule has 0 aliphatic carbocycles. The van der Waals surface area contributed by atoms with Gasteiger partial charge >= 0.3 is 0 Å². The predicted octanol–water partition coefficient (Wildman–Crippen LogP) is 11.8. The first-order valence-electron chi connectivity index (χ1n) is 15.7. The Bertz CT molecular complexity index is 473. The van der Waals surface area contributed by atoms with Crippen molar-refractivity contribution >= 4 is 23.5 Å². The molecule has 0 aromatic heterocycles. The summed E-state index contributed by atoms with van der Waals surface area (Å²) in [6.45, 7) is 10.5. The molecule has 0 atom stereocenters. The van der Waals surface area contributed by atoms with E-state index in [9.17, 15) is 10.1 Å². The van der Waals surface area contributed by atoms with Gasteiger partial charge in [-0.3, -0.25) is 10.1 Å². The zero-order valence-corrected chi connectivity index (χ0v) is 26.7. The molecule has 0 aliphatic heterocycles. The van der Waals surface area contributed by atoms with Gasteiger partial charge in [0.05, 0.1) is 4.08 Å². The van der Waals surface area contributed by atoms with Crippen molar-refractivity contribution in [3.63, 3.8) is 0 Å². The van der Waals surface area contributed by atoms with E-state index in [4.69, 9.17) is 0 Å². The molecule has 0 saturated carbocycles. The van der Waals surface area contributed by atoms with E-state index < -0.39 is 5.54 Å². The summed E-state index contributed by atoms with van der Waals surface area (Å²) in [6, 6.07) is 0. The van der Waals surface area contributed by atoms with Gasteiger partial charge < -0.3 is 0 Å². The Morgan fingerprint density at radius 3 is 1.14 bits per heavy atom. The van der Waals surface area contributed by atoms with Crippen LogP contribution in [-0.4, -0.2) is 26.0 Å². The minimum atomic E-state index is -0.823. The van der Waals surface area contributed by atoms with Crippen LogP contribution in [0, 0.1) is 10.1 Å². The lowest BCUT2D eigenvalue weighted by Gasteiger charge is -2.30. The van der Waals surface area contributed by atoms with Gasteiger partial charge in [0.15, 0.2) is 0 Å². The molecule has 0 amide bonds. The molecule has 0 saturated heterocycles. The fraction of sp³-hybridized carbons (Fsp3) is 1.00. The van der Waals surface area contributed by atoms with Crippen molar-refractivity contribution in [2.75, 3.05) is 11.5 Å². The highest BCUT2D eigenvalue weighted by molar-refractivity contribution is 8.18. The Labute approximate surface area is 235 Å². The van der Waals surface area contributed by atoms with E-state index in [0.717, 1.165) is 6.42 Å². The van der Waals surface area contributed by atoms with Crippen LogP contribution >= 0.6 is 23.5 Å². The molecular weight excluding hydrogens is 482 g/mol. The van der Waals surface area contributed by atoms with Gasteiger partial charge in [0.2, 0.25) is 5.54 Å². The lowest BCUT2D eigenvalue weighted by atomic mass is 9.98. The van der Waals surface area contributed by atoms with Crippen LogP contribution in [-0.2, 0) is 0 Å². The van der Waals surface area contributed by atoms with Gasteiger partial charge in [-0.2, -0.15) is 0 Å². The standard InChI is InChI=1S/C31H63NO2S2/c1-6-8-10-12-14-16-18-20-22-24-28-35-31(5,27-26-30(3,4)32(33)34)36-29-25-23-21-19-17-15-13-11-9-7-2/h6-29H2,1-5H3. The van der Waals surface area contributed by atoms with E-state index in [-0.39, 0.29) is 9.00 Å². The maximum atomic E-state index is 11.4. The van der Waals surface area contributed by atoms with Gasteiger partial charge in [0.1, 0.15) is 0 Å². The highest BCUT2D eigenvalue weighted by atomic mass is 32.2. The third-order valence-electron chi connectivity index (χ3n) is 7.50. The molecule has 0 heterocycles. The number of nitrogens with zero attached hydrogens (tertiary/aromatic N) is 1. The molecule has 0 radical (unpaired) electrons. The Kier molecular flexibility index (Phi) is 24.2. The Balaban J connectivity index is 4.15. The number of hydrogen-bond acceptors (Lipinski definition) is 4. The van der Waals surface area contributed by atoms with Crippen molar-refractivity contribution in [1.29, 1.82) is 0 Å². The second kappa shape index (κ2) is 24.2. The Morgan fingerprint density at radius 1 is 0.528 bits per heavy atom. The molecule has 0 N–H and O–H groups in total. The molecule has 0 rings (SSSR count). The van der Waals surface area contributed by atoms with Crippen molar-refractivity contribution in [2.45, 2.75) is 185 Å². The van der Waals surface area contributed by atoms with Crippen LogP contribution in [0.1, 0.15) is 176 Å². The maximum Gasteiger partial charge on any atom is 0.216 e. The smallest absolute Gasteiger partial charge is 0.216 e. The first-order chi connectivity index (χ1) is 17.3. The SMILES string of the molecule is CCCCCCCCCCCCSC(C)(CCC(C)(C)[N+](=O)[O-])SCCCCCCCCCCCC. The first-order valence-corrected chi connectivity index (χ1v) is 17.7. The monoisotopic (exact) mass is 545 g/mol. The number of unbranched alkanes of at least 4 members (excludes halogenated alkanes) is 18. The topological polar surface area (TPSA) is 43.1 Å². The molecule has 0 unspecified atom stereocenters. The van der Waals surface area contributed by atoms with Gasteiger partial charge in [0, 0.05) is 25.2 Å². The summed E-state index contributed by atoms with van der Waals surface area (Å²) < 4.78 is 0.103. The van der Waals surface area contributed by atoms with Crippen LogP contribution in [0.3, 0.4) is 0 Å². The van der Waals surface area contributed by atoms with E-state index in [1.165, 1.54) is 140 Å². The van der Waals surface area contributed by atoms with E-state index in [1.54, 1.807) is 13.8 Å². The average molecular weight is 546 g/mol. The molecule has 36 heavy (non-hydrogen) atoms. The largest absolute Gasteiger partial charge is 0.264 e. The molecule has 0 spiro atoms. The summed E-state index contributed by atoms with van der Waals surface area (Å²) >= 11 is 4.15. The van der Waals surface area contributed by atoms with Gasteiger partial charge in [-0.15, -0.1) is 23.5 Å². The quantitative estimate of drug-likeness (QED) is 0.0424. The molecule has 0 aromatic rings. The van der Waals surface area contributed by atoms with E-state index in [0.29, 0.717) is 6.42 Å². The van der Waals surface area contributed by atoms with Crippen molar-refractivity contribution in [1.82, 2.24) is 0 Å². The van der Waals surface area contributed by atoms with E-state index in [1.807, 2.05) is 0 Å². The maximum absolute atomic E-state index is 11.4. The van der Waals surface area contributed by atoms with Crippen molar-refractivity contribution in [3.8, 4) is 0 Å². The Hall–Kier alpha value is 0.1000. The fourth-order valence-electron chi connectivity index (χ4n) is 4.57. The minimum Gasteiger partial charge on any atom is -0.264 e. The van der Waals surface area contributed by atoms with Gasteiger partial charge in [-0.1, -0.05) is 129 Å². The summed E-state index contributed by atoms with van der Waals surface area (Å²) in [5.74, 6) is 2.38. The third kappa shape index (κ3) is 22.1. The van der Waals surface area contributed by atoms with Gasteiger partial charge in [-0.05, 0) is 37.7 Å². The molecule has 0 bridgehead atoms. The number of thioether (sulfide) groups is 2. The van der Waals surface area contributed by atoms with Gasteiger partial charge in [0.25, 0.3) is 0 Å². The second-order valence-electron chi connectivity index (χ2n) is 11.8. The third-order valence-corrected chi connectivity index (χ3v) is 10.8. The molecule has 0 fully saturated rings. The molecule has 0 aliphatic rings. The lowest BCUT2D eigenvalue weighted by Crippen LogP contribution is -2.33. The van der Waals surface area contributed by atoms with Crippen molar-refractivity contribution < 1.29 is 4.92 Å². The summed E-state index contributed by atoms with van der Waals surface area (Å²) in [6.07, 6.45) is 29.1. The summed E-state index contributed by atoms with van der Waals surface area (Å²) in [4.78, 5) is 11.4. The van der Waals surface area contributed by atoms with E-state index >= 15 is 0 Å². The number of rotatable bonds is 28. The second-order valence-corrected chi connectivity index (χ2v) is 15.2. The van der Waals surface area contributed by atoms with Crippen LogP contribution in [0.5, 0.6) is 0 Å². The minimum absolute atomic E-state index is 0.0900. The zero-order chi connectivity index (χ0) is 27.0. The van der Waals surface area contributed by atoms with Gasteiger partial charge in [-0.25, -0.2) is 0 Å². The van der Waals surface area contributed by atoms with Crippen molar-refractivity contribution in [3.05, 3.63) is 10.1 Å². The highest BCUT2D eigenvalue weighted by Crippen LogP contribution is 2.43. The molecular formula is C31H63NO2S2. The summed E-state index contributed by atoms with van der Waals surface area (Å²) in [7, 11) is 0. The molecule has 216 valence electrons. The first kappa shape index (κ1) is 36.1. The molecule has 5 heteroatoms. The van der Waals surface area contributed by atoms with Crippen molar-refractivity contribution in [2.24, 2.45) is 0 Å². The molecule has 3 nitrogen and oxygen atoms in total. The summed E-state index contributed by atoms with van der Waals surface area (Å²) in [5.41, 5.74) is -0.823. The number of hydrogen-bond donors (Lipinski definition) is 0. The molecule has 0 aromatic carbocycles. The highest BCUT2D eigenvalue weighted by Gasteiger charge is 2.35. The summed E-state index contributed by atoms with van der Waals surface area (Å²) in [5, 5.41) is 11.4. The van der Waals surface area contributed by atoms with Crippen LogP contribution in [0.4, 0.5) is 0 Å². The van der Waals surface area contributed by atoms with Crippen LogP contribution in [0.25, 0.3) is 0 Å². The van der Waals surface area contributed by atoms with Crippen LogP contribution < -0.4 is 0 Å². The fourth-order valence-corrected chi connectivity index (χ4v) is 7.45. The predicted molar refractivity (Wildman–Crippen MR) is 167 cm³/mol. The van der Waals surface area contributed by atoms with E-state index in [2.05, 4.69) is 44.3 Å². The van der Waals surface area contributed by atoms with Crippen LogP contribution in [0.2, 0.25) is 0 Å². The Morgan fingerprint density at radius 2 is 0.833 bits per heavy atom. The number of nitro groups is 1. The normalized spacial score (nSPS) is 12.4. The zero-order valence-electron chi connectivity index (χ0n) is 25.1. The average Bonchev–Trinajstić information content (AvgIpc) is 2.85.